The Labute approximate surface area is 115 Å². The van der Waals surface area contributed by atoms with Gasteiger partial charge >= 0.3 is 0 Å². The molecule has 2 aromatic carbocycles. The predicted octanol–water partition coefficient (Wildman–Crippen LogP) is 3.35. The monoisotopic (exact) mass is 278 g/mol. The minimum Gasteiger partial charge on any atom is -0.489 e. The third kappa shape index (κ3) is 3.45. The molecule has 0 fully saturated rings. The van der Waals surface area contributed by atoms with Crippen molar-refractivity contribution in [2.75, 3.05) is 0 Å². The molecule has 0 aromatic heterocycles. The van der Waals surface area contributed by atoms with Gasteiger partial charge in [-0.15, -0.1) is 0 Å². The van der Waals surface area contributed by atoms with Gasteiger partial charge in [-0.25, -0.2) is 4.39 Å². The van der Waals surface area contributed by atoms with Crippen LogP contribution in [0.25, 0.3) is 0 Å². The highest BCUT2D eigenvalue weighted by Crippen LogP contribution is 2.21. The largest absolute Gasteiger partial charge is 0.489 e. The summed E-state index contributed by atoms with van der Waals surface area (Å²) in [6, 6.07) is 11.7. The zero-order chi connectivity index (χ0) is 13.7. The quantitative estimate of drug-likeness (QED) is 0.530. The Balaban J connectivity index is 2.12. The summed E-state index contributed by atoms with van der Waals surface area (Å²) in [6.07, 6.45) is 1.50. The van der Waals surface area contributed by atoms with Crippen molar-refractivity contribution in [3.63, 3.8) is 0 Å². The Hall–Kier alpha value is -2.07. The third-order valence-electron chi connectivity index (χ3n) is 2.53. The lowest BCUT2D eigenvalue weighted by atomic mass is 10.2. The van der Waals surface area contributed by atoms with Crippen molar-refractivity contribution in [2.24, 2.45) is 10.9 Å². The maximum atomic E-state index is 13.6. The molecule has 5 heteroatoms. The summed E-state index contributed by atoms with van der Waals surface area (Å²) >= 11 is 5.92. The van der Waals surface area contributed by atoms with E-state index in [1.165, 1.54) is 12.3 Å². The topological polar surface area (TPSA) is 47.6 Å². The molecule has 0 bridgehead atoms. The van der Waals surface area contributed by atoms with Crippen LogP contribution < -0.4 is 10.6 Å². The van der Waals surface area contributed by atoms with Gasteiger partial charge in [0.15, 0.2) is 0 Å². The van der Waals surface area contributed by atoms with Gasteiger partial charge in [-0.3, -0.25) is 0 Å². The Morgan fingerprint density at radius 1 is 1.26 bits per heavy atom. The predicted molar refractivity (Wildman–Crippen MR) is 74.0 cm³/mol. The minimum absolute atomic E-state index is 0.0642. The van der Waals surface area contributed by atoms with E-state index in [-0.39, 0.29) is 12.4 Å². The van der Waals surface area contributed by atoms with Crippen molar-refractivity contribution in [3.05, 3.63) is 64.4 Å². The van der Waals surface area contributed by atoms with E-state index >= 15 is 0 Å². The van der Waals surface area contributed by atoms with Crippen LogP contribution in [0.3, 0.4) is 0 Å². The van der Waals surface area contributed by atoms with Gasteiger partial charge in [0, 0.05) is 5.56 Å². The van der Waals surface area contributed by atoms with Crippen LogP contribution in [0, 0.1) is 5.82 Å². The number of nitrogens with zero attached hydrogens (tertiary/aromatic N) is 1. The number of rotatable bonds is 4. The van der Waals surface area contributed by atoms with E-state index in [1.807, 2.05) is 6.07 Å². The normalized spacial score (nSPS) is 10.8. The molecule has 2 aromatic rings. The van der Waals surface area contributed by atoms with Crippen LogP contribution in [0.4, 0.5) is 4.39 Å². The van der Waals surface area contributed by atoms with Crippen LogP contribution in [-0.4, -0.2) is 6.21 Å². The fourth-order valence-electron chi connectivity index (χ4n) is 1.60. The number of halogens is 2. The standard InChI is InChI=1S/C14H12ClFN2O/c15-13-5-2-6-14(16)12(13)9-19-11-4-1-3-10(7-11)8-18-17/h1-8H,9,17H2. The number of hydrazone groups is 1. The van der Waals surface area contributed by atoms with E-state index in [4.69, 9.17) is 22.2 Å². The SMILES string of the molecule is NN=Cc1cccc(OCc2c(F)cccc2Cl)c1. The number of hydrogen-bond donors (Lipinski definition) is 1. The Kier molecular flexibility index (Phi) is 4.36. The van der Waals surface area contributed by atoms with E-state index in [1.54, 1.807) is 30.3 Å². The summed E-state index contributed by atoms with van der Waals surface area (Å²) in [5.74, 6) is 5.29. The summed E-state index contributed by atoms with van der Waals surface area (Å²) in [4.78, 5) is 0. The van der Waals surface area contributed by atoms with Crippen molar-refractivity contribution in [1.82, 2.24) is 0 Å². The van der Waals surface area contributed by atoms with Crippen LogP contribution in [0.1, 0.15) is 11.1 Å². The third-order valence-corrected chi connectivity index (χ3v) is 2.88. The Morgan fingerprint density at radius 2 is 2.05 bits per heavy atom. The minimum atomic E-state index is -0.382. The highest BCUT2D eigenvalue weighted by Gasteiger charge is 2.07. The molecule has 0 amide bonds. The van der Waals surface area contributed by atoms with Crippen molar-refractivity contribution < 1.29 is 9.13 Å². The lowest BCUT2D eigenvalue weighted by molar-refractivity contribution is 0.300. The molecule has 0 aliphatic rings. The summed E-state index contributed by atoms with van der Waals surface area (Å²) in [5, 5.41) is 3.78. The average molecular weight is 279 g/mol. The van der Waals surface area contributed by atoms with Crippen LogP contribution in [0.15, 0.2) is 47.6 Å². The van der Waals surface area contributed by atoms with E-state index in [2.05, 4.69) is 5.10 Å². The molecule has 0 unspecified atom stereocenters. The second-order valence-electron chi connectivity index (χ2n) is 3.84. The molecule has 0 heterocycles. The van der Waals surface area contributed by atoms with Gasteiger partial charge < -0.3 is 10.6 Å². The molecule has 0 atom stereocenters. The first-order chi connectivity index (χ1) is 9.20. The summed E-state index contributed by atoms with van der Waals surface area (Å²) in [6.45, 7) is 0.0642. The summed E-state index contributed by atoms with van der Waals surface area (Å²) in [5.41, 5.74) is 1.14. The van der Waals surface area contributed by atoms with E-state index in [9.17, 15) is 4.39 Å². The van der Waals surface area contributed by atoms with Crippen LogP contribution in [0.5, 0.6) is 5.75 Å². The number of benzene rings is 2. The molecule has 3 nitrogen and oxygen atoms in total. The van der Waals surface area contributed by atoms with E-state index in [0.717, 1.165) is 5.56 Å². The zero-order valence-electron chi connectivity index (χ0n) is 10.0. The summed E-state index contributed by atoms with van der Waals surface area (Å²) in [7, 11) is 0. The van der Waals surface area contributed by atoms with Crippen LogP contribution >= 0.6 is 11.6 Å². The van der Waals surface area contributed by atoms with Gasteiger partial charge in [0.05, 0.1) is 11.2 Å². The van der Waals surface area contributed by atoms with E-state index < -0.39 is 0 Å². The maximum Gasteiger partial charge on any atom is 0.131 e. The molecule has 0 aliphatic carbocycles. The maximum absolute atomic E-state index is 13.6. The summed E-state index contributed by atoms with van der Waals surface area (Å²) < 4.78 is 19.1. The highest BCUT2D eigenvalue weighted by molar-refractivity contribution is 6.31. The highest BCUT2D eigenvalue weighted by atomic mass is 35.5. The lowest BCUT2D eigenvalue weighted by Crippen LogP contribution is -2.00. The van der Waals surface area contributed by atoms with E-state index in [0.29, 0.717) is 16.3 Å². The molecular formula is C14H12ClFN2O. The average Bonchev–Trinajstić information content (AvgIpc) is 2.39. The molecular weight excluding hydrogens is 267 g/mol. The first-order valence-corrected chi connectivity index (χ1v) is 5.97. The van der Waals surface area contributed by atoms with Crippen molar-refractivity contribution in [1.29, 1.82) is 0 Å². The molecule has 2 N–H and O–H groups in total. The van der Waals surface area contributed by atoms with Gasteiger partial charge in [0.25, 0.3) is 0 Å². The molecule has 0 saturated heterocycles. The number of hydrogen-bond acceptors (Lipinski definition) is 3. The fraction of sp³-hybridized carbons (Fsp3) is 0.0714. The van der Waals surface area contributed by atoms with Gasteiger partial charge in [-0.2, -0.15) is 5.10 Å². The molecule has 2 rings (SSSR count). The molecule has 0 radical (unpaired) electrons. The molecule has 19 heavy (non-hydrogen) atoms. The van der Waals surface area contributed by atoms with Gasteiger partial charge in [0.2, 0.25) is 0 Å². The first-order valence-electron chi connectivity index (χ1n) is 5.59. The molecule has 98 valence electrons. The molecule has 0 spiro atoms. The lowest BCUT2D eigenvalue weighted by Gasteiger charge is -2.09. The van der Waals surface area contributed by atoms with Crippen LogP contribution in [-0.2, 0) is 6.61 Å². The van der Waals surface area contributed by atoms with Crippen molar-refractivity contribution >= 4 is 17.8 Å². The molecule has 0 saturated carbocycles. The van der Waals surface area contributed by atoms with Gasteiger partial charge in [-0.1, -0.05) is 29.8 Å². The van der Waals surface area contributed by atoms with Gasteiger partial charge in [-0.05, 0) is 29.8 Å². The van der Waals surface area contributed by atoms with Gasteiger partial charge in [0.1, 0.15) is 18.2 Å². The second-order valence-corrected chi connectivity index (χ2v) is 4.25. The van der Waals surface area contributed by atoms with Crippen molar-refractivity contribution in [3.8, 4) is 5.75 Å². The first kappa shape index (κ1) is 13.4. The number of nitrogens with two attached hydrogens (primary N) is 1. The fourth-order valence-corrected chi connectivity index (χ4v) is 1.81. The Morgan fingerprint density at radius 3 is 2.79 bits per heavy atom. The van der Waals surface area contributed by atoms with Crippen LogP contribution in [0.2, 0.25) is 5.02 Å². The van der Waals surface area contributed by atoms with Crippen molar-refractivity contribution in [2.45, 2.75) is 6.61 Å². The second kappa shape index (κ2) is 6.20. The molecule has 0 aliphatic heterocycles. The number of ether oxygens (including phenoxy) is 1. The zero-order valence-corrected chi connectivity index (χ0v) is 10.8. The smallest absolute Gasteiger partial charge is 0.131 e. The Bertz CT molecular complexity index is 581.